The summed E-state index contributed by atoms with van der Waals surface area (Å²) in [5, 5.41) is 11.3. The zero-order valence-electron chi connectivity index (χ0n) is 12.7. The van der Waals surface area contributed by atoms with Gasteiger partial charge in [-0.1, -0.05) is 19.1 Å². The molecule has 2 amide bonds. The number of anilines is 1. The Kier molecular flexibility index (Phi) is 7.73. The third kappa shape index (κ3) is 6.42. The molecule has 22 heavy (non-hydrogen) atoms. The standard InChI is InChI=1S/C14H22N4O4/c1-10(13(20)22-2)9-15-14(21)17-18-16-12-5-3-11(4-6-12)7-8-19/h3-6,10,16,18-19H,7-9H2,1-2H3,(H2,15,17,21)/t10-/m0/s1. The van der Waals surface area contributed by atoms with E-state index in [4.69, 9.17) is 5.11 Å². The van der Waals surface area contributed by atoms with Crippen LogP contribution in [-0.4, -0.2) is 37.4 Å². The number of nitrogens with one attached hydrogen (secondary N) is 4. The Morgan fingerprint density at radius 3 is 2.55 bits per heavy atom. The van der Waals surface area contributed by atoms with E-state index in [0.29, 0.717) is 6.42 Å². The van der Waals surface area contributed by atoms with Gasteiger partial charge < -0.3 is 20.6 Å². The van der Waals surface area contributed by atoms with Crippen LogP contribution in [0.15, 0.2) is 24.3 Å². The van der Waals surface area contributed by atoms with Crippen molar-refractivity contribution < 1.29 is 19.4 Å². The quantitative estimate of drug-likeness (QED) is 0.345. The molecular formula is C14H22N4O4. The molecule has 1 atom stereocenters. The number of hydrazine groups is 2. The maximum absolute atomic E-state index is 11.5. The molecule has 0 heterocycles. The van der Waals surface area contributed by atoms with Crippen LogP contribution in [0, 0.1) is 5.92 Å². The van der Waals surface area contributed by atoms with E-state index < -0.39 is 11.9 Å². The zero-order chi connectivity index (χ0) is 16.4. The Labute approximate surface area is 129 Å². The Balaban J connectivity index is 2.23. The number of aliphatic hydroxyl groups excluding tert-OH is 1. The number of aliphatic hydroxyl groups is 1. The maximum Gasteiger partial charge on any atom is 0.330 e. The maximum atomic E-state index is 11.5. The number of amides is 2. The van der Waals surface area contributed by atoms with Crippen molar-refractivity contribution in [1.82, 2.24) is 16.3 Å². The number of esters is 1. The number of rotatable bonds is 8. The summed E-state index contributed by atoms with van der Waals surface area (Å²) >= 11 is 0. The van der Waals surface area contributed by atoms with Crippen LogP contribution < -0.4 is 21.7 Å². The predicted molar refractivity (Wildman–Crippen MR) is 81.7 cm³/mol. The molecule has 0 aliphatic carbocycles. The van der Waals surface area contributed by atoms with Crippen molar-refractivity contribution in [1.29, 1.82) is 0 Å². The normalized spacial score (nSPS) is 11.4. The van der Waals surface area contributed by atoms with Gasteiger partial charge in [-0.15, -0.1) is 5.53 Å². The molecule has 0 bridgehead atoms. The lowest BCUT2D eigenvalue weighted by Crippen LogP contribution is -2.48. The van der Waals surface area contributed by atoms with E-state index in [9.17, 15) is 9.59 Å². The van der Waals surface area contributed by atoms with E-state index in [1.54, 1.807) is 6.92 Å². The molecule has 1 aromatic rings. The summed E-state index contributed by atoms with van der Waals surface area (Å²) in [4.78, 5) is 22.6. The number of urea groups is 1. The van der Waals surface area contributed by atoms with Crippen LogP contribution in [0.4, 0.5) is 10.5 Å². The topological polar surface area (TPSA) is 112 Å². The highest BCUT2D eigenvalue weighted by molar-refractivity contribution is 5.76. The molecule has 0 aliphatic rings. The van der Waals surface area contributed by atoms with E-state index in [2.05, 4.69) is 26.4 Å². The van der Waals surface area contributed by atoms with Gasteiger partial charge in [-0.2, -0.15) is 0 Å². The van der Waals surface area contributed by atoms with E-state index >= 15 is 0 Å². The average Bonchev–Trinajstić information content (AvgIpc) is 2.53. The minimum atomic E-state index is -0.472. The fourth-order valence-corrected chi connectivity index (χ4v) is 1.62. The molecule has 0 aromatic heterocycles. The van der Waals surface area contributed by atoms with Crippen LogP contribution >= 0.6 is 0 Å². The molecular weight excluding hydrogens is 288 g/mol. The van der Waals surface area contributed by atoms with Crippen LogP contribution in [0.2, 0.25) is 0 Å². The first kappa shape index (κ1) is 17.7. The van der Waals surface area contributed by atoms with Gasteiger partial charge in [0.1, 0.15) is 0 Å². The summed E-state index contributed by atoms with van der Waals surface area (Å²) in [6, 6.07) is 6.91. The minimum Gasteiger partial charge on any atom is -0.469 e. The Morgan fingerprint density at radius 1 is 1.27 bits per heavy atom. The SMILES string of the molecule is COC(=O)[C@@H](C)CNC(=O)NNNc1ccc(CCO)cc1. The number of carbonyl (C=O) groups is 2. The zero-order valence-corrected chi connectivity index (χ0v) is 12.7. The highest BCUT2D eigenvalue weighted by Crippen LogP contribution is 2.08. The van der Waals surface area contributed by atoms with Gasteiger partial charge in [0.25, 0.3) is 0 Å². The lowest BCUT2D eigenvalue weighted by atomic mass is 10.1. The van der Waals surface area contributed by atoms with E-state index in [1.807, 2.05) is 24.3 Å². The van der Waals surface area contributed by atoms with Gasteiger partial charge in [0, 0.05) is 13.2 Å². The largest absolute Gasteiger partial charge is 0.469 e. The molecule has 0 fully saturated rings. The fraction of sp³-hybridized carbons (Fsp3) is 0.429. The molecule has 8 nitrogen and oxygen atoms in total. The summed E-state index contributed by atoms with van der Waals surface area (Å²) in [6.07, 6.45) is 0.604. The molecule has 1 rings (SSSR count). The fourth-order valence-electron chi connectivity index (χ4n) is 1.62. The molecule has 0 aliphatic heterocycles. The van der Waals surface area contributed by atoms with Crippen molar-refractivity contribution >= 4 is 17.7 Å². The smallest absolute Gasteiger partial charge is 0.330 e. The minimum absolute atomic E-state index is 0.108. The number of ether oxygens (including phenoxy) is 1. The van der Waals surface area contributed by atoms with Crippen LogP contribution in [-0.2, 0) is 16.0 Å². The molecule has 0 radical (unpaired) electrons. The third-order valence-corrected chi connectivity index (χ3v) is 2.91. The second-order valence-corrected chi connectivity index (χ2v) is 4.68. The first-order valence-electron chi connectivity index (χ1n) is 6.89. The molecule has 0 saturated carbocycles. The van der Waals surface area contributed by atoms with E-state index in [0.717, 1.165) is 11.3 Å². The van der Waals surface area contributed by atoms with Crippen LogP contribution in [0.25, 0.3) is 0 Å². The molecule has 0 spiro atoms. The van der Waals surface area contributed by atoms with Gasteiger partial charge in [-0.25, -0.2) is 4.79 Å². The Hall–Kier alpha value is -2.32. The Morgan fingerprint density at radius 2 is 1.95 bits per heavy atom. The molecule has 5 N–H and O–H groups in total. The third-order valence-electron chi connectivity index (χ3n) is 2.91. The van der Waals surface area contributed by atoms with Crippen LogP contribution in [0.5, 0.6) is 0 Å². The monoisotopic (exact) mass is 310 g/mol. The Bertz CT molecular complexity index is 478. The second-order valence-electron chi connectivity index (χ2n) is 4.68. The highest BCUT2D eigenvalue weighted by Gasteiger charge is 2.13. The lowest BCUT2D eigenvalue weighted by molar-refractivity contribution is -0.144. The molecule has 8 heteroatoms. The van der Waals surface area contributed by atoms with Crippen molar-refractivity contribution in [3.8, 4) is 0 Å². The van der Waals surface area contributed by atoms with Crippen LogP contribution in [0.1, 0.15) is 12.5 Å². The summed E-state index contributed by atoms with van der Waals surface area (Å²) in [5.74, 6) is -0.794. The molecule has 1 aromatic carbocycles. The van der Waals surface area contributed by atoms with E-state index in [-0.39, 0.29) is 19.1 Å². The second kappa shape index (κ2) is 9.59. The van der Waals surface area contributed by atoms with Crippen molar-refractivity contribution in [3.05, 3.63) is 29.8 Å². The molecule has 122 valence electrons. The number of hydrogen-bond acceptors (Lipinski definition) is 6. The summed E-state index contributed by atoms with van der Waals surface area (Å²) in [7, 11) is 1.30. The first-order valence-corrected chi connectivity index (χ1v) is 6.89. The predicted octanol–water partition coefficient (Wildman–Crippen LogP) is 0.161. The van der Waals surface area contributed by atoms with Crippen molar-refractivity contribution in [2.75, 3.05) is 25.7 Å². The number of benzene rings is 1. The van der Waals surface area contributed by atoms with Crippen LogP contribution in [0.3, 0.4) is 0 Å². The van der Waals surface area contributed by atoms with Crippen molar-refractivity contribution in [2.24, 2.45) is 5.92 Å². The van der Waals surface area contributed by atoms with Gasteiger partial charge in [-0.05, 0) is 24.1 Å². The summed E-state index contributed by atoms with van der Waals surface area (Å²) in [5.41, 5.74) is 9.49. The number of hydrogen-bond donors (Lipinski definition) is 5. The average molecular weight is 310 g/mol. The van der Waals surface area contributed by atoms with Gasteiger partial charge in [-0.3, -0.25) is 10.2 Å². The first-order chi connectivity index (χ1) is 10.6. The lowest BCUT2D eigenvalue weighted by Gasteiger charge is -2.13. The van der Waals surface area contributed by atoms with Gasteiger partial charge >= 0.3 is 12.0 Å². The van der Waals surface area contributed by atoms with Gasteiger partial charge in [0.2, 0.25) is 0 Å². The highest BCUT2D eigenvalue weighted by atomic mass is 16.5. The van der Waals surface area contributed by atoms with Gasteiger partial charge in [0.15, 0.2) is 0 Å². The van der Waals surface area contributed by atoms with Crippen molar-refractivity contribution in [3.63, 3.8) is 0 Å². The number of carbonyl (C=O) groups excluding carboxylic acids is 2. The number of methoxy groups -OCH3 is 1. The van der Waals surface area contributed by atoms with Crippen molar-refractivity contribution in [2.45, 2.75) is 13.3 Å². The van der Waals surface area contributed by atoms with E-state index in [1.165, 1.54) is 7.11 Å². The molecule has 0 saturated heterocycles. The summed E-state index contributed by atoms with van der Waals surface area (Å²) in [6.45, 7) is 1.94. The molecule has 0 unspecified atom stereocenters. The van der Waals surface area contributed by atoms with Gasteiger partial charge in [0.05, 0.1) is 18.7 Å². The summed E-state index contributed by atoms with van der Waals surface area (Å²) < 4.78 is 4.56.